The summed E-state index contributed by atoms with van der Waals surface area (Å²) in [7, 11) is 0. The molecule has 1 aliphatic rings. The SMILES string of the molecule is O=C(COc1ccccc1)N1N=C(c2cccnc2)C[C@]1(O)C(F)(F)F. The number of nitrogens with zero attached hydrogens (tertiary/aromatic N) is 3. The van der Waals surface area contributed by atoms with Crippen molar-refractivity contribution in [2.75, 3.05) is 6.61 Å². The van der Waals surface area contributed by atoms with E-state index in [-0.39, 0.29) is 16.3 Å². The monoisotopic (exact) mass is 365 g/mol. The van der Waals surface area contributed by atoms with Crippen molar-refractivity contribution in [3.8, 4) is 5.75 Å². The van der Waals surface area contributed by atoms with Gasteiger partial charge in [0, 0.05) is 18.0 Å². The van der Waals surface area contributed by atoms with Gasteiger partial charge in [-0.2, -0.15) is 23.3 Å². The average Bonchev–Trinajstić information content (AvgIpc) is 3.00. The molecule has 1 N–H and O–H groups in total. The van der Waals surface area contributed by atoms with Gasteiger partial charge in [0.2, 0.25) is 0 Å². The van der Waals surface area contributed by atoms with Crippen molar-refractivity contribution >= 4 is 11.6 Å². The van der Waals surface area contributed by atoms with Crippen LogP contribution in [0.1, 0.15) is 12.0 Å². The third kappa shape index (κ3) is 3.38. The largest absolute Gasteiger partial charge is 0.484 e. The zero-order chi connectivity index (χ0) is 18.8. The van der Waals surface area contributed by atoms with Gasteiger partial charge < -0.3 is 9.84 Å². The number of benzene rings is 1. The Morgan fingerprint density at radius 3 is 2.58 bits per heavy atom. The van der Waals surface area contributed by atoms with E-state index in [1.807, 2.05) is 0 Å². The molecule has 2 heterocycles. The first-order chi connectivity index (χ1) is 12.3. The number of ether oxygens (including phenoxy) is 1. The fourth-order valence-electron chi connectivity index (χ4n) is 2.45. The lowest BCUT2D eigenvalue weighted by Crippen LogP contribution is -2.57. The fourth-order valence-corrected chi connectivity index (χ4v) is 2.45. The fraction of sp³-hybridized carbons (Fsp3) is 0.235. The maximum atomic E-state index is 13.4. The maximum Gasteiger partial charge on any atom is 0.438 e. The number of para-hydroxylation sites is 1. The van der Waals surface area contributed by atoms with E-state index < -0.39 is 30.8 Å². The van der Waals surface area contributed by atoms with E-state index in [4.69, 9.17) is 4.74 Å². The molecule has 1 aliphatic heterocycles. The number of rotatable bonds is 4. The van der Waals surface area contributed by atoms with Gasteiger partial charge in [0.05, 0.1) is 12.1 Å². The highest BCUT2D eigenvalue weighted by Gasteiger charge is 2.63. The molecule has 1 amide bonds. The predicted molar refractivity (Wildman–Crippen MR) is 85.2 cm³/mol. The van der Waals surface area contributed by atoms with Gasteiger partial charge in [0.25, 0.3) is 11.6 Å². The number of carbonyl (C=O) groups excluding carboxylic acids is 1. The number of hydrogen-bond donors (Lipinski definition) is 1. The molecule has 0 fully saturated rings. The lowest BCUT2D eigenvalue weighted by molar-refractivity contribution is -0.302. The van der Waals surface area contributed by atoms with Crippen LogP contribution in [0.2, 0.25) is 0 Å². The molecule has 0 spiro atoms. The molecule has 3 rings (SSSR count). The van der Waals surface area contributed by atoms with E-state index in [0.717, 1.165) is 0 Å². The molecule has 6 nitrogen and oxygen atoms in total. The first kappa shape index (κ1) is 17.9. The van der Waals surface area contributed by atoms with E-state index in [0.29, 0.717) is 5.75 Å². The molecule has 1 aromatic carbocycles. The summed E-state index contributed by atoms with van der Waals surface area (Å²) in [4.78, 5) is 16.1. The summed E-state index contributed by atoms with van der Waals surface area (Å²) in [5, 5.41) is 13.9. The Hall–Kier alpha value is -2.94. The summed E-state index contributed by atoms with van der Waals surface area (Å²) in [6.07, 6.45) is -3.22. The Balaban J connectivity index is 1.85. The number of pyridine rings is 1. The van der Waals surface area contributed by atoms with Crippen LogP contribution in [0.5, 0.6) is 5.75 Å². The molecule has 1 aromatic heterocycles. The van der Waals surface area contributed by atoms with E-state index in [1.165, 1.54) is 24.5 Å². The van der Waals surface area contributed by atoms with Crippen LogP contribution in [0.25, 0.3) is 0 Å². The molecule has 2 aromatic rings. The number of alkyl halides is 3. The Morgan fingerprint density at radius 2 is 1.96 bits per heavy atom. The van der Waals surface area contributed by atoms with Crippen LogP contribution in [0.4, 0.5) is 13.2 Å². The smallest absolute Gasteiger partial charge is 0.438 e. The molecule has 26 heavy (non-hydrogen) atoms. The van der Waals surface area contributed by atoms with Gasteiger partial charge in [-0.05, 0) is 18.2 Å². The lowest BCUT2D eigenvalue weighted by Gasteiger charge is -2.32. The highest BCUT2D eigenvalue weighted by atomic mass is 19.4. The highest BCUT2D eigenvalue weighted by Crippen LogP contribution is 2.41. The third-order valence-corrected chi connectivity index (χ3v) is 3.78. The van der Waals surface area contributed by atoms with Crippen LogP contribution in [0.3, 0.4) is 0 Å². The number of hydrazone groups is 1. The number of hydrogen-bond acceptors (Lipinski definition) is 5. The molecule has 9 heteroatoms. The van der Waals surface area contributed by atoms with Gasteiger partial charge in [0.1, 0.15) is 5.75 Å². The van der Waals surface area contributed by atoms with Gasteiger partial charge in [-0.25, -0.2) is 0 Å². The van der Waals surface area contributed by atoms with Crippen LogP contribution in [-0.2, 0) is 4.79 Å². The summed E-state index contributed by atoms with van der Waals surface area (Å²) in [5.41, 5.74) is -3.24. The second-order valence-electron chi connectivity index (χ2n) is 5.59. The van der Waals surface area contributed by atoms with Crippen molar-refractivity contribution in [2.45, 2.75) is 18.3 Å². The molecule has 0 radical (unpaired) electrons. The maximum absolute atomic E-state index is 13.4. The minimum Gasteiger partial charge on any atom is -0.484 e. The van der Waals surface area contributed by atoms with Gasteiger partial charge in [0.15, 0.2) is 6.61 Å². The Bertz CT molecular complexity index is 812. The number of aromatic nitrogens is 1. The normalized spacial score (nSPS) is 20.0. The van der Waals surface area contributed by atoms with Gasteiger partial charge in [-0.1, -0.05) is 24.3 Å². The molecule has 0 saturated carbocycles. The average molecular weight is 365 g/mol. The summed E-state index contributed by atoms with van der Waals surface area (Å²) in [6, 6.07) is 11.2. The van der Waals surface area contributed by atoms with Crippen LogP contribution in [0, 0.1) is 0 Å². The van der Waals surface area contributed by atoms with E-state index >= 15 is 0 Å². The number of amides is 1. The zero-order valence-corrected chi connectivity index (χ0v) is 13.3. The molecular formula is C17H14F3N3O3. The first-order valence-electron chi connectivity index (χ1n) is 7.59. The number of carbonyl (C=O) groups is 1. The van der Waals surface area contributed by atoms with Gasteiger partial charge in [-0.15, -0.1) is 0 Å². The van der Waals surface area contributed by atoms with E-state index in [2.05, 4.69) is 10.1 Å². The second kappa shape index (κ2) is 6.75. The van der Waals surface area contributed by atoms with Crippen LogP contribution >= 0.6 is 0 Å². The van der Waals surface area contributed by atoms with Gasteiger partial charge in [-0.3, -0.25) is 9.78 Å². The second-order valence-corrected chi connectivity index (χ2v) is 5.59. The minimum absolute atomic E-state index is 0.0400. The molecule has 1 atom stereocenters. The topological polar surface area (TPSA) is 75.0 Å². The molecule has 0 aliphatic carbocycles. The number of halogens is 3. The quantitative estimate of drug-likeness (QED) is 0.903. The van der Waals surface area contributed by atoms with Crippen molar-refractivity contribution in [2.24, 2.45) is 5.10 Å². The van der Waals surface area contributed by atoms with E-state index in [1.54, 1.807) is 30.3 Å². The molecular weight excluding hydrogens is 351 g/mol. The Morgan fingerprint density at radius 1 is 1.23 bits per heavy atom. The summed E-state index contributed by atoms with van der Waals surface area (Å²) < 4.78 is 45.5. The standard InChI is InChI=1S/C17H14F3N3O3/c18-17(19,20)16(25)9-14(12-5-4-8-21-10-12)22-23(16)15(24)11-26-13-6-2-1-3-7-13/h1-8,10,25H,9,11H2/t16-/m0/s1. The predicted octanol–water partition coefficient (Wildman–Crippen LogP) is 2.35. The highest BCUT2D eigenvalue weighted by molar-refractivity contribution is 6.03. The van der Waals surface area contributed by atoms with E-state index in [9.17, 15) is 23.1 Å². The van der Waals surface area contributed by atoms with Crippen molar-refractivity contribution in [1.29, 1.82) is 0 Å². The van der Waals surface area contributed by atoms with Crippen LogP contribution in [-0.4, -0.2) is 45.2 Å². The molecule has 0 saturated heterocycles. The molecule has 0 bridgehead atoms. The molecule has 0 unspecified atom stereocenters. The lowest BCUT2D eigenvalue weighted by atomic mass is 10.0. The third-order valence-electron chi connectivity index (χ3n) is 3.78. The first-order valence-corrected chi connectivity index (χ1v) is 7.59. The van der Waals surface area contributed by atoms with Crippen LogP contribution in [0.15, 0.2) is 60.0 Å². The van der Waals surface area contributed by atoms with Crippen molar-refractivity contribution in [1.82, 2.24) is 9.99 Å². The molecule has 136 valence electrons. The number of aliphatic hydroxyl groups is 1. The summed E-state index contributed by atoms with van der Waals surface area (Å²) in [6.45, 7) is -0.702. The summed E-state index contributed by atoms with van der Waals surface area (Å²) in [5.74, 6) is -0.806. The van der Waals surface area contributed by atoms with Crippen molar-refractivity contribution in [3.05, 3.63) is 60.4 Å². The summed E-state index contributed by atoms with van der Waals surface area (Å²) >= 11 is 0. The van der Waals surface area contributed by atoms with Crippen LogP contribution < -0.4 is 4.74 Å². The Labute approximate surface area is 146 Å². The van der Waals surface area contributed by atoms with Gasteiger partial charge >= 0.3 is 6.18 Å². The minimum atomic E-state index is -5.09. The zero-order valence-electron chi connectivity index (χ0n) is 13.3. The van der Waals surface area contributed by atoms with Crippen molar-refractivity contribution in [3.63, 3.8) is 0 Å². The Kier molecular flexibility index (Phi) is 4.64. The van der Waals surface area contributed by atoms with Crippen molar-refractivity contribution < 1.29 is 27.8 Å².